The van der Waals surface area contributed by atoms with Crippen molar-refractivity contribution in [1.29, 1.82) is 0 Å². The number of nitrogens with one attached hydrogen (secondary N) is 4. The summed E-state index contributed by atoms with van der Waals surface area (Å²) >= 11 is 0. The van der Waals surface area contributed by atoms with Crippen molar-refractivity contribution in [2.24, 2.45) is 11.7 Å². The molecule has 1 fully saturated rings. The van der Waals surface area contributed by atoms with Crippen LogP contribution in [0.2, 0.25) is 0 Å². The lowest BCUT2D eigenvalue weighted by atomic mass is 9.80. The second kappa shape index (κ2) is 15.7. The van der Waals surface area contributed by atoms with Crippen LogP contribution >= 0.6 is 0 Å². The van der Waals surface area contributed by atoms with E-state index in [1.165, 1.54) is 0 Å². The number of aromatic nitrogens is 1. The number of primary amides is 1. The molecular formula is C41H47N5O5. The molecule has 6 rings (SSSR count). The number of rotatable bonds is 14. The van der Waals surface area contributed by atoms with E-state index in [2.05, 4.69) is 64.8 Å². The van der Waals surface area contributed by atoms with Crippen molar-refractivity contribution in [3.05, 3.63) is 108 Å². The molecule has 2 atom stereocenters. The summed E-state index contributed by atoms with van der Waals surface area (Å²) in [6, 6.07) is 21.2. The van der Waals surface area contributed by atoms with E-state index < -0.39 is 35.4 Å². The molecular weight excluding hydrogens is 642 g/mol. The summed E-state index contributed by atoms with van der Waals surface area (Å²) in [5.74, 6) is -1.88. The van der Waals surface area contributed by atoms with Crippen LogP contribution in [0.25, 0.3) is 22.0 Å². The van der Waals surface area contributed by atoms with E-state index >= 15 is 0 Å². The normalized spacial score (nSPS) is 15.9. The zero-order valence-electron chi connectivity index (χ0n) is 29.1. The first-order chi connectivity index (χ1) is 24.7. The highest BCUT2D eigenvalue weighted by Crippen LogP contribution is 2.44. The predicted molar refractivity (Wildman–Crippen MR) is 198 cm³/mol. The number of benzene rings is 3. The number of ether oxygens (including phenoxy) is 1. The molecule has 1 aromatic heterocycles. The number of aryl methyl sites for hydroxylation is 1. The highest BCUT2D eigenvalue weighted by Gasteiger charge is 2.43. The van der Waals surface area contributed by atoms with Gasteiger partial charge in [0.15, 0.2) is 0 Å². The molecule has 2 aliphatic carbocycles. The zero-order valence-corrected chi connectivity index (χ0v) is 29.1. The topological polar surface area (TPSA) is 155 Å². The monoisotopic (exact) mass is 689 g/mol. The van der Waals surface area contributed by atoms with Crippen LogP contribution in [-0.4, -0.2) is 53.5 Å². The molecule has 1 saturated carbocycles. The minimum absolute atomic E-state index is 0.0239. The van der Waals surface area contributed by atoms with Crippen LogP contribution in [0.1, 0.15) is 73.1 Å². The Bertz CT molecular complexity index is 1880. The SMILES string of the molecule is C=CCC(CNC(=O)[C@H](CC(N)=O)NC(=O)C1(NC(=O)OCC2c3ccccc3-c3ccccc32)CCCCC1)Cc1c[nH]c2ccc(C)cc12. The fourth-order valence-corrected chi connectivity index (χ4v) is 7.72. The number of alkyl carbamates (subject to hydrolysis) is 1. The number of H-pyrrole nitrogens is 1. The van der Waals surface area contributed by atoms with Gasteiger partial charge in [-0.3, -0.25) is 14.4 Å². The maximum atomic E-state index is 14.0. The maximum Gasteiger partial charge on any atom is 0.408 e. The lowest BCUT2D eigenvalue weighted by molar-refractivity contribution is -0.135. The average molecular weight is 690 g/mol. The molecule has 0 saturated heterocycles. The second-order valence-corrected chi connectivity index (χ2v) is 14.0. The highest BCUT2D eigenvalue weighted by atomic mass is 16.5. The van der Waals surface area contributed by atoms with Crippen molar-refractivity contribution in [3.63, 3.8) is 0 Å². The molecule has 4 aromatic rings. The molecule has 2 aliphatic rings. The number of hydrogen-bond donors (Lipinski definition) is 5. The van der Waals surface area contributed by atoms with Gasteiger partial charge in [-0.2, -0.15) is 0 Å². The van der Waals surface area contributed by atoms with Gasteiger partial charge in [0.2, 0.25) is 17.7 Å². The lowest BCUT2D eigenvalue weighted by Gasteiger charge is -2.37. The Morgan fingerprint density at radius 1 is 1.00 bits per heavy atom. The van der Waals surface area contributed by atoms with Crippen LogP contribution < -0.4 is 21.7 Å². The van der Waals surface area contributed by atoms with Crippen LogP contribution in [0.5, 0.6) is 0 Å². The summed E-state index contributed by atoms with van der Waals surface area (Å²) in [5.41, 5.74) is 12.0. The molecule has 0 spiro atoms. The number of amides is 4. The summed E-state index contributed by atoms with van der Waals surface area (Å²) in [5, 5.41) is 9.73. The van der Waals surface area contributed by atoms with Gasteiger partial charge in [0.1, 0.15) is 18.2 Å². The fourth-order valence-electron chi connectivity index (χ4n) is 7.72. The van der Waals surface area contributed by atoms with E-state index in [0.29, 0.717) is 45.1 Å². The van der Waals surface area contributed by atoms with Crippen LogP contribution in [0.3, 0.4) is 0 Å². The number of nitrogens with two attached hydrogens (primary N) is 1. The van der Waals surface area contributed by atoms with E-state index in [1.807, 2.05) is 48.7 Å². The summed E-state index contributed by atoms with van der Waals surface area (Å²) in [4.78, 5) is 56.4. The zero-order chi connectivity index (χ0) is 36.0. The number of allylic oxidation sites excluding steroid dienone is 1. The Kier molecular flexibility index (Phi) is 10.9. The molecule has 1 unspecified atom stereocenters. The van der Waals surface area contributed by atoms with E-state index in [0.717, 1.165) is 50.7 Å². The highest BCUT2D eigenvalue weighted by molar-refractivity contribution is 5.96. The Morgan fingerprint density at radius 3 is 2.35 bits per heavy atom. The quantitative estimate of drug-likeness (QED) is 0.104. The maximum absolute atomic E-state index is 14.0. The Hall–Kier alpha value is -5.38. The van der Waals surface area contributed by atoms with E-state index in [9.17, 15) is 19.2 Å². The molecule has 51 heavy (non-hydrogen) atoms. The summed E-state index contributed by atoms with van der Waals surface area (Å²) in [6.45, 7) is 6.36. The summed E-state index contributed by atoms with van der Waals surface area (Å²) < 4.78 is 5.80. The van der Waals surface area contributed by atoms with Gasteiger partial charge >= 0.3 is 6.09 Å². The van der Waals surface area contributed by atoms with Crippen molar-refractivity contribution >= 4 is 34.7 Å². The lowest BCUT2D eigenvalue weighted by Crippen LogP contribution is -2.63. The predicted octanol–water partition coefficient (Wildman–Crippen LogP) is 5.93. The average Bonchev–Trinajstić information content (AvgIpc) is 3.67. The first-order valence-electron chi connectivity index (χ1n) is 17.8. The van der Waals surface area contributed by atoms with Crippen molar-refractivity contribution in [2.45, 2.75) is 75.8 Å². The van der Waals surface area contributed by atoms with Crippen LogP contribution in [-0.2, 0) is 25.5 Å². The first kappa shape index (κ1) is 35.4. The van der Waals surface area contributed by atoms with Crippen LogP contribution in [0, 0.1) is 12.8 Å². The van der Waals surface area contributed by atoms with Gasteiger partial charge in [-0.25, -0.2) is 4.79 Å². The third-order valence-electron chi connectivity index (χ3n) is 10.4. The van der Waals surface area contributed by atoms with Gasteiger partial charge in [0.05, 0.1) is 6.42 Å². The minimum atomic E-state index is -1.30. The fraction of sp³-hybridized carbons (Fsp3) is 0.366. The molecule has 10 heteroatoms. The molecule has 0 bridgehead atoms. The third kappa shape index (κ3) is 8.01. The Labute approximate surface area is 298 Å². The molecule has 0 radical (unpaired) electrons. The van der Waals surface area contributed by atoms with E-state index in [1.54, 1.807) is 0 Å². The Balaban J connectivity index is 1.11. The van der Waals surface area contributed by atoms with Crippen molar-refractivity contribution in [3.8, 4) is 11.1 Å². The molecule has 10 nitrogen and oxygen atoms in total. The molecule has 1 heterocycles. The van der Waals surface area contributed by atoms with Crippen molar-refractivity contribution < 1.29 is 23.9 Å². The van der Waals surface area contributed by atoms with Gasteiger partial charge in [-0.05, 0) is 78.5 Å². The van der Waals surface area contributed by atoms with Gasteiger partial charge < -0.3 is 31.4 Å². The standard InChI is InChI=1S/C41H47N5O5/c1-3-11-27(21-28-24-43-35-17-16-26(2)20-33(28)35)23-44-38(48)36(22-37(42)47)45-39(49)41(18-9-4-10-19-41)46-40(50)51-25-34-31-14-7-5-12-29(31)30-13-6-8-15-32(30)34/h3,5-8,12-17,20,24,27,34,36,43H,1,4,9-11,18-19,21-23,25H2,2H3,(H2,42,47)(H,44,48)(H,45,49)(H,46,50)/t27?,36-/m0/s1. The summed E-state index contributed by atoms with van der Waals surface area (Å²) in [6.07, 6.45) is 7.14. The number of carbonyl (C=O) groups is 4. The molecule has 3 aromatic carbocycles. The number of carbonyl (C=O) groups excluding carboxylic acids is 4. The third-order valence-corrected chi connectivity index (χ3v) is 10.4. The number of hydrogen-bond acceptors (Lipinski definition) is 5. The number of aromatic amines is 1. The van der Waals surface area contributed by atoms with E-state index in [4.69, 9.17) is 10.5 Å². The first-order valence-corrected chi connectivity index (χ1v) is 17.8. The smallest absolute Gasteiger partial charge is 0.408 e. The van der Waals surface area contributed by atoms with Crippen LogP contribution in [0.4, 0.5) is 4.79 Å². The number of fused-ring (bicyclic) bond motifs is 4. The van der Waals surface area contributed by atoms with Gasteiger partial charge in [0.25, 0.3) is 0 Å². The Morgan fingerprint density at radius 2 is 1.69 bits per heavy atom. The largest absolute Gasteiger partial charge is 0.449 e. The molecule has 4 amide bonds. The second-order valence-electron chi connectivity index (χ2n) is 14.0. The minimum Gasteiger partial charge on any atom is -0.449 e. The molecule has 266 valence electrons. The van der Waals surface area contributed by atoms with Crippen LogP contribution in [0.15, 0.2) is 85.6 Å². The molecule has 6 N–H and O–H groups in total. The van der Waals surface area contributed by atoms with Crippen molar-refractivity contribution in [1.82, 2.24) is 20.9 Å². The van der Waals surface area contributed by atoms with Gasteiger partial charge in [-0.15, -0.1) is 6.58 Å². The molecule has 0 aliphatic heterocycles. The van der Waals surface area contributed by atoms with Gasteiger partial charge in [0, 0.05) is 29.6 Å². The van der Waals surface area contributed by atoms with E-state index in [-0.39, 0.29) is 24.9 Å². The summed E-state index contributed by atoms with van der Waals surface area (Å²) in [7, 11) is 0. The van der Waals surface area contributed by atoms with Crippen molar-refractivity contribution in [2.75, 3.05) is 13.2 Å². The van der Waals surface area contributed by atoms with Gasteiger partial charge in [-0.1, -0.05) is 85.5 Å².